The highest BCUT2D eigenvalue weighted by molar-refractivity contribution is 5.69. The lowest BCUT2D eigenvalue weighted by molar-refractivity contribution is -0.145. The van der Waals surface area contributed by atoms with Crippen molar-refractivity contribution < 1.29 is 9.53 Å². The monoisotopic (exact) mass is 285 g/mol. The van der Waals surface area contributed by atoms with Crippen LogP contribution in [-0.4, -0.2) is 34.0 Å². The zero-order valence-corrected chi connectivity index (χ0v) is 12.2. The fourth-order valence-corrected chi connectivity index (χ4v) is 2.56. The van der Waals surface area contributed by atoms with Gasteiger partial charge >= 0.3 is 5.97 Å². The predicted octanol–water partition coefficient (Wildman–Crippen LogP) is 1.61. The van der Waals surface area contributed by atoms with Crippen LogP contribution < -0.4 is 0 Å². The van der Waals surface area contributed by atoms with Crippen LogP contribution in [0.2, 0.25) is 0 Å². The number of rotatable bonds is 4. The number of likely N-dealkylation sites (N-methyl/N-ethyl adjacent to an activating group) is 1. The molecule has 0 bridgehead atoms. The first-order valence-electron chi connectivity index (χ1n) is 7.13. The molecule has 0 saturated heterocycles. The van der Waals surface area contributed by atoms with Gasteiger partial charge in [0.25, 0.3) is 0 Å². The molecule has 1 aromatic carbocycles. The van der Waals surface area contributed by atoms with Crippen molar-refractivity contribution in [1.29, 1.82) is 0 Å². The minimum atomic E-state index is -0.224. The van der Waals surface area contributed by atoms with Crippen LogP contribution in [0.5, 0.6) is 0 Å². The topological polar surface area (TPSA) is 47.4 Å². The minimum absolute atomic E-state index is 0.224. The Balaban J connectivity index is 1.58. The molecule has 5 nitrogen and oxygen atoms in total. The molecule has 0 atom stereocenters. The Morgan fingerprint density at radius 3 is 2.95 bits per heavy atom. The van der Waals surface area contributed by atoms with Gasteiger partial charge in [0.15, 0.2) is 0 Å². The van der Waals surface area contributed by atoms with E-state index in [9.17, 15) is 4.79 Å². The quantitative estimate of drug-likeness (QED) is 0.801. The summed E-state index contributed by atoms with van der Waals surface area (Å²) < 4.78 is 7.23. The predicted molar refractivity (Wildman–Crippen MR) is 78.5 cm³/mol. The smallest absolute Gasteiger partial charge is 0.326 e. The Labute approximate surface area is 124 Å². The van der Waals surface area contributed by atoms with Crippen molar-refractivity contribution in [2.45, 2.75) is 26.1 Å². The second-order valence-corrected chi connectivity index (χ2v) is 5.40. The number of aromatic nitrogens is 2. The van der Waals surface area contributed by atoms with Gasteiger partial charge in [-0.15, -0.1) is 0 Å². The largest absolute Gasteiger partial charge is 0.459 e. The second-order valence-electron chi connectivity index (χ2n) is 5.40. The fraction of sp³-hybridized carbons (Fsp3) is 0.375. The summed E-state index contributed by atoms with van der Waals surface area (Å²) in [6, 6.07) is 9.71. The summed E-state index contributed by atoms with van der Waals surface area (Å²) in [5.41, 5.74) is 3.23. The number of imidazole rings is 1. The van der Waals surface area contributed by atoms with Gasteiger partial charge in [-0.05, 0) is 12.6 Å². The Bertz CT molecular complexity index is 622. The van der Waals surface area contributed by atoms with E-state index in [0.717, 1.165) is 36.5 Å². The van der Waals surface area contributed by atoms with Crippen molar-refractivity contribution in [3.8, 4) is 0 Å². The summed E-state index contributed by atoms with van der Waals surface area (Å²) in [7, 11) is 2.08. The molecule has 0 saturated carbocycles. The van der Waals surface area contributed by atoms with Gasteiger partial charge in [-0.1, -0.05) is 30.3 Å². The maximum Gasteiger partial charge on any atom is 0.326 e. The molecule has 2 aromatic rings. The molecule has 0 spiro atoms. The lowest BCUT2D eigenvalue weighted by atomic mass is 10.1. The summed E-state index contributed by atoms with van der Waals surface area (Å²) in [6.45, 7) is 2.40. The average Bonchev–Trinajstić information content (AvgIpc) is 2.88. The molecule has 110 valence electrons. The third kappa shape index (κ3) is 3.31. The maximum atomic E-state index is 12.0. The van der Waals surface area contributed by atoms with Gasteiger partial charge < -0.3 is 14.2 Å². The third-order valence-electron chi connectivity index (χ3n) is 3.72. The van der Waals surface area contributed by atoms with E-state index in [-0.39, 0.29) is 12.5 Å². The van der Waals surface area contributed by atoms with Crippen molar-refractivity contribution in [1.82, 2.24) is 14.5 Å². The summed E-state index contributed by atoms with van der Waals surface area (Å²) in [4.78, 5) is 18.6. The number of esters is 1. The molecule has 0 fully saturated rings. The zero-order valence-electron chi connectivity index (χ0n) is 12.2. The van der Waals surface area contributed by atoms with E-state index < -0.39 is 0 Å². The van der Waals surface area contributed by atoms with E-state index in [1.807, 2.05) is 34.9 Å². The van der Waals surface area contributed by atoms with Gasteiger partial charge in [-0.25, -0.2) is 4.98 Å². The number of nitrogens with zero attached hydrogens (tertiary/aromatic N) is 3. The zero-order chi connectivity index (χ0) is 14.7. The second kappa shape index (κ2) is 6.10. The van der Waals surface area contributed by atoms with Crippen molar-refractivity contribution in [3.63, 3.8) is 0 Å². The highest BCUT2D eigenvalue weighted by Crippen LogP contribution is 2.16. The van der Waals surface area contributed by atoms with Gasteiger partial charge in [0.05, 0.1) is 12.0 Å². The molecule has 2 heterocycles. The number of hydrogen-bond acceptors (Lipinski definition) is 4. The number of fused-ring (bicyclic) bond motifs is 1. The lowest BCUT2D eigenvalue weighted by Crippen LogP contribution is -2.28. The molecular weight excluding hydrogens is 266 g/mol. The van der Waals surface area contributed by atoms with Crippen molar-refractivity contribution in [2.75, 3.05) is 13.6 Å². The van der Waals surface area contributed by atoms with E-state index in [0.29, 0.717) is 6.61 Å². The van der Waals surface area contributed by atoms with E-state index in [1.54, 1.807) is 6.33 Å². The molecule has 0 amide bonds. The first kappa shape index (κ1) is 13.8. The number of benzene rings is 1. The van der Waals surface area contributed by atoms with Crippen molar-refractivity contribution in [2.24, 2.45) is 0 Å². The number of carbonyl (C=O) groups is 1. The first-order valence-corrected chi connectivity index (χ1v) is 7.13. The number of carbonyl (C=O) groups excluding carboxylic acids is 1. The molecule has 3 rings (SSSR count). The first-order chi connectivity index (χ1) is 10.2. The van der Waals surface area contributed by atoms with Crippen LogP contribution in [0.3, 0.4) is 0 Å². The van der Waals surface area contributed by atoms with Gasteiger partial charge in [0, 0.05) is 25.2 Å². The molecule has 1 aliphatic heterocycles. The van der Waals surface area contributed by atoms with E-state index in [1.165, 1.54) is 0 Å². The molecule has 1 aliphatic rings. The van der Waals surface area contributed by atoms with Crippen LogP contribution in [0, 0.1) is 0 Å². The molecule has 0 radical (unpaired) electrons. The van der Waals surface area contributed by atoms with E-state index in [2.05, 4.69) is 16.9 Å². The Morgan fingerprint density at radius 1 is 1.33 bits per heavy atom. The van der Waals surface area contributed by atoms with E-state index >= 15 is 0 Å². The minimum Gasteiger partial charge on any atom is -0.459 e. The highest BCUT2D eigenvalue weighted by atomic mass is 16.5. The lowest BCUT2D eigenvalue weighted by Gasteiger charge is -2.22. The van der Waals surface area contributed by atoms with Crippen molar-refractivity contribution >= 4 is 5.97 Å². The molecule has 0 aliphatic carbocycles. The SMILES string of the molecule is CN1CCc2c(ncn2CC(=O)OCc2ccccc2)C1. The summed E-state index contributed by atoms with van der Waals surface area (Å²) >= 11 is 0. The summed E-state index contributed by atoms with van der Waals surface area (Å²) in [5.74, 6) is -0.224. The molecule has 1 aromatic heterocycles. The van der Waals surface area contributed by atoms with Crippen LogP contribution in [0.1, 0.15) is 17.0 Å². The Kier molecular flexibility index (Phi) is 4.01. The van der Waals surface area contributed by atoms with E-state index in [4.69, 9.17) is 4.74 Å². The third-order valence-corrected chi connectivity index (χ3v) is 3.72. The average molecular weight is 285 g/mol. The molecular formula is C16H19N3O2. The standard InChI is InChI=1S/C16H19N3O2/c1-18-8-7-15-14(9-18)17-12-19(15)10-16(20)21-11-13-5-3-2-4-6-13/h2-6,12H,7-11H2,1H3. The van der Waals surface area contributed by atoms with Crippen LogP contribution in [-0.2, 0) is 35.6 Å². The van der Waals surface area contributed by atoms with Crippen LogP contribution in [0.4, 0.5) is 0 Å². The van der Waals surface area contributed by atoms with Gasteiger partial charge in [-0.3, -0.25) is 4.79 Å². The van der Waals surface area contributed by atoms with Crippen LogP contribution in [0.25, 0.3) is 0 Å². The molecule has 0 N–H and O–H groups in total. The highest BCUT2D eigenvalue weighted by Gasteiger charge is 2.19. The van der Waals surface area contributed by atoms with Gasteiger partial charge in [-0.2, -0.15) is 0 Å². The maximum absolute atomic E-state index is 12.0. The molecule has 21 heavy (non-hydrogen) atoms. The molecule has 5 heteroatoms. The molecule has 0 unspecified atom stereocenters. The summed E-state index contributed by atoms with van der Waals surface area (Å²) in [6.07, 6.45) is 2.67. The van der Waals surface area contributed by atoms with Gasteiger partial charge in [0.1, 0.15) is 13.2 Å². The Morgan fingerprint density at radius 2 is 2.14 bits per heavy atom. The fourth-order valence-electron chi connectivity index (χ4n) is 2.56. The Hall–Kier alpha value is -2.14. The van der Waals surface area contributed by atoms with Crippen LogP contribution in [0.15, 0.2) is 36.7 Å². The number of ether oxygens (including phenoxy) is 1. The van der Waals surface area contributed by atoms with Crippen LogP contribution >= 0.6 is 0 Å². The normalized spacial score (nSPS) is 14.7. The van der Waals surface area contributed by atoms with Gasteiger partial charge in [0.2, 0.25) is 0 Å². The number of hydrogen-bond donors (Lipinski definition) is 0. The van der Waals surface area contributed by atoms with Crippen molar-refractivity contribution in [3.05, 3.63) is 53.6 Å². The summed E-state index contributed by atoms with van der Waals surface area (Å²) in [5, 5.41) is 0.